The maximum absolute atomic E-state index is 12.4. The van der Waals surface area contributed by atoms with E-state index in [1.54, 1.807) is 18.3 Å². The fourth-order valence-corrected chi connectivity index (χ4v) is 3.75. The number of carbonyl (C=O) groups is 2. The number of aliphatic carboxylic acids is 1. The summed E-state index contributed by atoms with van der Waals surface area (Å²) in [6.07, 6.45) is 4.75. The van der Waals surface area contributed by atoms with Crippen LogP contribution in [0.2, 0.25) is 0 Å². The third-order valence-corrected chi connectivity index (χ3v) is 5.88. The number of nitrogens with one attached hydrogen (secondary N) is 1. The number of nitrogens with zero attached hydrogens (tertiary/aromatic N) is 1. The molecule has 0 saturated carbocycles. The van der Waals surface area contributed by atoms with Crippen LogP contribution in [0, 0.1) is 5.41 Å². The van der Waals surface area contributed by atoms with Crippen molar-refractivity contribution >= 4 is 11.9 Å². The first-order valence-corrected chi connectivity index (χ1v) is 11.7. The topological polar surface area (TPSA) is 88.5 Å². The Kier molecular flexibility index (Phi) is 8.79. The molecule has 3 rings (SSSR count). The van der Waals surface area contributed by atoms with Crippen molar-refractivity contribution in [2.24, 2.45) is 5.41 Å². The minimum Gasteiger partial charge on any atom is -0.492 e. The van der Waals surface area contributed by atoms with Crippen molar-refractivity contribution in [2.45, 2.75) is 39.5 Å². The average Bonchev–Trinajstić information content (AvgIpc) is 2.87. The first-order valence-electron chi connectivity index (χ1n) is 11.7. The third kappa shape index (κ3) is 6.91. The molecule has 0 aliphatic carbocycles. The summed E-state index contributed by atoms with van der Waals surface area (Å²) in [7, 11) is 0. The van der Waals surface area contributed by atoms with E-state index in [9.17, 15) is 14.7 Å². The van der Waals surface area contributed by atoms with Crippen molar-refractivity contribution in [3.05, 3.63) is 84.1 Å². The number of hydrogen-bond acceptors (Lipinski definition) is 4. The zero-order valence-corrected chi connectivity index (χ0v) is 19.8. The highest BCUT2D eigenvalue weighted by molar-refractivity contribution is 5.94. The smallest absolute Gasteiger partial charge is 0.309 e. The first kappa shape index (κ1) is 25.0. The van der Waals surface area contributed by atoms with Gasteiger partial charge in [-0.2, -0.15) is 0 Å². The molecule has 6 heteroatoms. The highest BCUT2D eigenvalue weighted by Gasteiger charge is 2.32. The maximum Gasteiger partial charge on any atom is 0.309 e. The van der Waals surface area contributed by atoms with E-state index in [1.807, 2.05) is 61.5 Å². The Hall–Kier alpha value is -3.67. The van der Waals surface area contributed by atoms with Crippen LogP contribution >= 0.6 is 0 Å². The number of aromatic nitrogens is 1. The first-order chi connectivity index (χ1) is 16.4. The summed E-state index contributed by atoms with van der Waals surface area (Å²) in [4.78, 5) is 28.4. The van der Waals surface area contributed by atoms with Crippen molar-refractivity contribution in [2.75, 3.05) is 13.2 Å². The molecule has 1 atom stereocenters. The lowest BCUT2D eigenvalue weighted by molar-refractivity contribution is -0.148. The molecule has 0 aliphatic heterocycles. The summed E-state index contributed by atoms with van der Waals surface area (Å²) >= 11 is 0. The van der Waals surface area contributed by atoms with Gasteiger partial charge in [-0.3, -0.25) is 14.6 Å². The van der Waals surface area contributed by atoms with Gasteiger partial charge in [-0.25, -0.2) is 0 Å². The van der Waals surface area contributed by atoms with Crippen LogP contribution in [0.4, 0.5) is 0 Å². The van der Waals surface area contributed by atoms with Gasteiger partial charge in [0.25, 0.3) is 5.91 Å². The second kappa shape index (κ2) is 12.0. The van der Waals surface area contributed by atoms with Crippen LogP contribution in [-0.2, 0) is 11.2 Å². The van der Waals surface area contributed by atoms with Gasteiger partial charge in [0.2, 0.25) is 0 Å². The molecule has 0 spiro atoms. The highest BCUT2D eigenvalue weighted by Crippen LogP contribution is 2.30. The van der Waals surface area contributed by atoms with Gasteiger partial charge in [-0.15, -0.1) is 0 Å². The fraction of sp³-hybridized carbons (Fsp3) is 0.321. The minimum atomic E-state index is -0.765. The van der Waals surface area contributed by atoms with E-state index in [0.29, 0.717) is 37.3 Å². The highest BCUT2D eigenvalue weighted by atomic mass is 16.5. The van der Waals surface area contributed by atoms with Crippen LogP contribution in [0.5, 0.6) is 5.75 Å². The Bertz CT molecular complexity index is 1070. The van der Waals surface area contributed by atoms with E-state index in [2.05, 4.69) is 17.2 Å². The van der Waals surface area contributed by atoms with E-state index in [1.165, 1.54) is 0 Å². The molecule has 1 unspecified atom stereocenters. The van der Waals surface area contributed by atoms with Crippen molar-refractivity contribution in [1.82, 2.24) is 10.3 Å². The molecule has 1 heterocycles. The Morgan fingerprint density at radius 3 is 2.38 bits per heavy atom. The molecule has 6 nitrogen and oxygen atoms in total. The lowest BCUT2D eigenvalue weighted by atomic mass is 9.79. The number of carbonyl (C=O) groups excluding carboxylic acids is 1. The number of unbranched alkanes of at least 4 members (excludes halogenated alkanes) is 1. The number of carboxylic acids is 1. The van der Waals surface area contributed by atoms with Crippen LogP contribution < -0.4 is 10.1 Å². The predicted molar refractivity (Wildman–Crippen MR) is 133 cm³/mol. The van der Waals surface area contributed by atoms with E-state index >= 15 is 0 Å². The SMILES string of the molecule is CCCCC(C)(Cc1ccc(OCCNC(=O)c2ccc(-c3ccccn3)cc2)cc1)C(=O)O. The quantitative estimate of drug-likeness (QED) is 0.354. The Morgan fingerprint density at radius 1 is 1.03 bits per heavy atom. The standard InChI is InChI=1S/C28H32N2O4/c1-3-4-16-28(2,27(32)33)20-21-8-14-24(15-9-21)34-19-18-30-26(31)23-12-10-22(11-13-23)25-7-5-6-17-29-25/h5-15,17H,3-4,16,18-20H2,1-2H3,(H,30,31)(H,32,33). The van der Waals surface area contributed by atoms with Gasteiger partial charge in [0, 0.05) is 17.3 Å². The zero-order chi connectivity index (χ0) is 24.4. The summed E-state index contributed by atoms with van der Waals surface area (Å²) < 4.78 is 5.73. The summed E-state index contributed by atoms with van der Waals surface area (Å²) in [5, 5.41) is 12.5. The van der Waals surface area contributed by atoms with E-state index in [-0.39, 0.29) is 5.91 Å². The molecular formula is C28H32N2O4. The summed E-state index contributed by atoms with van der Waals surface area (Å²) in [5.74, 6) is -0.238. The van der Waals surface area contributed by atoms with Crippen molar-refractivity contribution in [3.63, 3.8) is 0 Å². The molecule has 34 heavy (non-hydrogen) atoms. The third-order valence-electron chi connectivity index (χ3n) is 5.88. The van der Waals surface area contributed by atoms with Crippen molar-refractivity contribution in [1.29, 1.82) is 0 Å². The number of carboxylic acid groups (broad SMARTS) is 1. The van der Waals surface area contributed by atoms with Crippen molar-refractivity contribution < 1.29 is 19.4 Å². The fourth-order valence-electron chi connectivity index (χ4n) is 3.75. The Balaban J connectivity index is 1.45. The number of benzene rings is 2. The Labute approximate surface area is 201 Å². The predicted octanol–water partition coefficient (Wildman–Crippen LogP) is 5.38. The molecule has 2 aromatic carbocycles. The van der Waals surface area contributed by atoms with Crippen LogP contribution in [0.1, 0.15) is 49.0 Å². The summed E-state index contributed by atoms with van der Waals surface area (Å²) in [5.41, 5.74) is 2.60. The largest absolute Gasteiger partial charge is 0.492 e. The lowest BCUT2D eigenvalue weighted by Crippen LogP contribution is -2.30. The van der Waals surface area contributed by atoms with Gasteiger partial charge >= 0.3 is 5.97 Å². The number of ether oxygens (including phenoxy) is 1. The van der Waals surface area contributed by atoms with Crippen molar-refractivity contribution in [3.8, 4) is 17.0 Å². The van der Waals surface area contributed by atoms with E-state index < -0.39 is 11.4 Å². The number of hydrogen-bond donors (Lipinski definition) is 2. The molecule has 1 amide bonds. The summed E-state index contributed by atoms with van der Waals surface area (Å²) in [6.45, 7) is 4.58. The monoisotopic (exact) mass is 460 g/mol. The normalized spacial score (nSPS) is 12.5. The Morgan fingerprint density at radius 2 is 1.76 bits per heavy atom. The molecule has 0 radical (unpaired) electrons. The lowest BCUT2D eigenvalue weighted by Gasteiger charge is -2.24. The van der Waals surface area contributed by atoms with Gasteiger partial charge in [0.05, 0.1) is 17.7 Å². The molecule has 0 aliphatic rings. The van der Waals surface area contributed by atoms with E-state index in [0.717, 1.165) is 29.7 Å². The van der Waals surface area contributed by atoms with Crippen LogP contribution in [0.3, 0.4) is 0 Å². The average molecular weight is 461 g/mol. The molecule has 1 aromatic heterocycles. The van der Waals surface area contributed by atoms with E-state index in [4.69, 9.17) is 4.74 Å². The molecule has 0 bridgehead atoms. The van der Waals surface area contributed by atoms with Crippen LogP contribution in [0.25, 0.3) is 11.3 Å². The van der Waals surface area contributed by atoms with Gasteiger partial charge in [-0.1, -0.05) is 50.1 Å². The zero-order valence-electron chi connectivity index (χ0n) is 19.8. The maximum atomic E-state index is 12.4. The molecular weight excluding hydrogens is 428 g/mol. The van der Waals surface area contributed by atoms with Gasteiger partial charge in [0.15, 0.2) is 0 Å². The van der Waals surface area contributed by atoms with Gasteiger partial charge < -0.3 is 15.2 Å². The summed E-state index contributed by atoms with van der Waals surface area (Å²) in [6, 6.07) is 20.5. The number of rotatable bonds is 12. The molecule has 0 saturated heterocycles. The van der Waals surface area contributed by atoms with Gasteiger partial charge in [0.1, 0.15) is 12.4 Å². The molecule has 2 N–H and O–H groups in total. The minimum absolute atomic E-state index is 0.161. The van der Waals surface area contributed by atoms with Crippen LogP contribution in [0.15, 0.2) is 72.9 Å². The number of pyridine rings is 1. The second-order valence-corrected chi connectivity index (χ2v) is 8.69. The molecule has 0 fully saturated rings. The van der Waals surface area contributed by atoms with Crippen LogP contribution in [-0.4, -0.2) is 35.1 Å². The molecule has 3 aromatic rings. The van der Waals surface area contributed by atoms with Gasteiger partial charge in [-0.05, 0) is 61.7 Å². The second-order valence-electron chi connectivity index (χ2n) is 8.69. The molecule has 178 valence electrons. The number of amides is 1.